The van der Waals surface area contributed by atoms with Crippen LogP contribution in [0.4, 0.5) is 19.0 Å². The molecule has 50 heavy (non-hydrogen) atoms. The Morgan fingerprint density at radius 3 is 2.46 bits per heavy atom. The molecule has 2 amide bonds. The van der Waals surface area contributed by atoms with Crippen molar-refractivity contribution in [2.24, 2.45) is 13.0 Å². The molecular weight excluding hydrogens is 704 g/mol. The van der Waals surface area contributed by atoms with Crippen molar-refractivity contribution in [1.82, 2.24) is 23.9 Å². The zero-order chi connectivity index (χ0) is 35.9. The number of phenolic OH excluding ortho intramolecular Hbond substituents is 1. The first-order valence-corrected chi connectivity index (χ1v) is 16.1. The fourth-order valence-corrected chi connectivity index (χ4v) is 7.88. The molecule has 4 aromatic rings. The summed E-state index contributed by atoms with van der Waals surface area (Å²) in [5.41, 5.74) is -0.657. The van der Waals surface area contributed by atoms with Crippen LogP contribution in [0.3, 0.4) is 0 Å². The van der Waals surface area contributed by atoms with E-state index < -0.39 is 69.1 Å². The van der Waals surface area contributed by atoms with Gasteiger partial charge < -0.3 is 9.84 Å². The maximum Gasteiger partial charge on any atom is 0.417 e. The Bertz CT molecular complexity index is 2230. The summed E-state index contributed by atoms with van der Waals surface area (Å²) in [4.78, 5) is 60.1. The highest BCUT2D eigenvalue weighted by atomic mass is 35.5. The smallest absolute Gasteiger partial charge is 0.417 e. The first-order chi connectivity index (χ1) is 23.7. The van der Waals surface area contributed by atoms with E-state index in [0.717, 1.165) is 4.57 Å². The van der Waals surface area contributed by atoms with Gasteiger partial charge in [-0.15, -0.1) is 0 Å². The van der Waals surface area contributed by atoms with Gasteiger partial charge in [-0.05, 0) is 48.7 Å². The van der Waals surface area contributed by atoms with Crippen LogP contribution in [0.25, 0.3) is 0 Å². The second-order valence-electron chi connectivity index (χ2n) is 12.1. The largest absolute Gasteiger partial charge is 0.504 e. The van der Waals surface area contributed by atoms with Gasteiger partial charge in [-0.3, -0.25) is 15.0 Å². The number of anilines is 1. The van der Waals surface area contributed by atoms with Crippen LogP contribution < -0.4 is 21.5 Å². The molecule has 0 spiro atoms. The summed E-state index contributed by atoms with van der Waals surface area (Å²) in [5.74, 6) is -4.66. The lowest BCUT2D eigenvalue weighted by Crippen LogP contribution is -2.53. The van der Waals surface area contributed by atoms with Crippen molar-refractivity contribution in [2.75, 3.05) is 12.0 Å². The molecule has 260 valence electrons. The van der Waals surface area contributed by atoms with Gasteiger partial charge in [0.25, 0.3) is 11.8 Å². The third-order valence-corrected chi connectivity index (χ3v) is 10.2. The number of ether oxygens (including phenoxy) is 1. The Morgan fingerprint density at radius 2 is 1.80 bits per heavy atom. The van der Waals surface area contributed by atoms with Gasteiger partial charge in [-0.2, -0.15) is 18.2 Å². The fourth-order valence-electron chi connectivity index (χ4n) is 7.54. The summed E-state index contributed by atoms with van der Waals surface area (Å²) < 4.78 is 49.3. The van der Waals surface area contributed by atoms with Crippen LogP contribution in [-0.4, -0.2) is 47.5 Å². The molecule has 17 heteroatoms. The average molecular weight is 732 g/mol. The Kier molecular flexibility index (Phi) is 7.90. The zero-order valence-electron chi connectivity index (χ0n) is 26.2. The number of pyridine rings is 1. The van der Waals surface area contributed by atoms with Crippen LogP contribution in [0.1, 0.15) is 42.0 Å². The normalized spacial score (nSPS) is 22.9. The molecule has 1 saturated heterocycles. The predicted molar refractivity (Wildman–Crippen MR) is 174 cm³/mol. The molecule has 2 aromatic carbocycles. The van der Waals surface area contributed by atoms with Gasteiger partial charge in [-0.1, -0.05) is 53.5 Å². The highest BCUT2D eigenvalue weighted by Crippen LogP contribution is 2.63. The number of hydrogen-bond acceptors (Lipinski definition) is 8. The van der Waals surface area contributed by atoms with Gasteiger partial charge in [0.2, 0.25) is 0 Å². The molecule has 0 radical (unpaired) electrons. The van der Waals surface area contributed by atoms with Crippen molar-refractivity contribution >= 4 is 40.8 Å². The average Bonchev–Trinajstić information content (AvgIpc) is 3.43. The molecule has 2 fully saturated rings. The molecule has 0 bridgehead atoms. The first kappa shape index (κ1) is 33.5. The van der Waals surface area contributed by atoms with Gasteiger partial charge >= 0.3 is 17.6 Å². The number of halogens is 5. The molecule has 2 aliphatic heterocycles. The van der Waals surface area contributed by atoms with Crippen molar-refractivity contribution in [3.63, 3.8) is 0 Å². The predicted octanol–water partition coefficient (Wildman–Crippen LogP) is 4.79. The number of fused-ring (bicyclic) bond motifs is 4. The quantitative estimate of drug-likeness (QED) is 0.213. The summed E-state index contributed by atoms with van der Waals surface area (Å²) in [6, 6.07) is 10.7. The van der Waals surface area contributed by atoms with Crippen molar-refractivity contribution in [3.8, 4) is 11.5 Å². The molecule has 7 rings (SSSR count). The number of hydrogen-bond donors (Lipinski definition) is 2. The number of aromatic hydroxyl groups is 1. The minimum absolute atomic E-state index is 0.0558. The second-order valence-corrected chi connectivity index (χ2v) is 13.0. The van der Waals surface area contributed by atoms with E-state index in [0.29, 0.717) is 33.4 Å². The standard InChI is InChI=1S/C33H27Cl2F3N6O6/c1-3-50-24-6-4-5-20(26(24)45)25-19-11-12-42-30(48)41(2)31(49)44(42)23(19)14-21-28(46)43(29(47)32(21,25)16-7-9-18(34)10-8-16)40-27-22(35)13-17(15-39-27)33(36,37)38/h4-11,13,15,21,23,25,45H,3,12,14H2,1-2H3,(H,39,40). The summed E-state index contributed by atoms with van der Waals surface area (Å²) >= 11 is 12.5. The van der Waals surface area contributed by atoms with Crippen molar-refractivity contribution < 1.29 is 32.6 Å². The second kappa shape index (κ2) is 11.8. The number of carbonyl (C=O) groups is 2. The number of rotatable bonds is 6. The minimum Gasteiger partial charge on any atom is -0.504 e. The van der Waals surface area contributed by atoms with E-state index in [1.807, 2.05) is 0 Å². The van der Waals surface area contributed by atoms with Gasteiger partial charge in [0.1, 0.15) is 0 Å². The molecule has 2 aromatic heterocycles. The third-order valence-electron chi connectivity index (χ3n) is 9.65. The van der Waals surface area contributed by atoms with Gasteiger partial charge in [0, 0.05) is 29.7 Å². The summed E-state index contributed by atoms with van der Waals surface area (Å²) in [6.45, 7) is 1.86. The number of aromatic nitrogens is 4. The molecule has 1 saturated carbocycles. The molecule has 3 aliphatic rings. The summed E-state index contributed by atoms with van der Waals surface area (Å²) in [5, 5.41) is 12.2. The highest BCUT2D eigenvalue weighted by molar-refractivity contribution is 6.33. The molecule has 4 unspecified atom stereocenters. The Morgan fingerprint density at radius 1 is 1.08 bits per heavy atom. The molecule has 4 heterocycles. The first-order valence-electron chi connectivity index (χ1n) is 15.4. The van der Waals surface area contributed by atoms with E-state index in [2.05, 4.69) is 10.4 Å². The molecule has 2 N–H and O–H groups in total. The van der Waals surface area contributed by atoms with E-state index in [9.17, 15) is 32.7 Å². The number of para-hydroxylation sites is 1. The number of alkyl halides is 3. The lowest BCUT2D eigenvalue weighted by Gasteiger charge is -2.49. The molecule has 12 nitrogen and oxygen atoms in total. The Labute approximate surface area is 290 Å². The number of benzene rings is 2. The number of imide groups is 1. The summed E-state index contributed by atoms with van der Waals surface area (Å²) in [7, 11) is 1.33. The number of carbonyl (C=O) groups excluding carboxylic acids is 2. The number of phenols is 1. The van der Waals surface area contributed by atoms with Gasteiger partial charge in [-0.25, -0.2) is 28.5 Å². The number of amides is 2. The van der Waals surface area contributed by atoms with Crippen molar-refractivity contribution in [3.05, 3.63) is 114 Å². The van der Waals surface area contributed by atoms with Crippen molar-refractivity contribution in [1.29, 1.82) is 0 Å². The van der Waals surface area contributed by atoms with E-state index in [1.54, 1.807) is 49.4 Å². The topological polar surface area (TPSA) is 141 Å². The Balaban J connectivity index is 1.49. The van der Waals surface area contributed by atoms with Crippen LogP contribution in [0.15, 0.2) is 76.0 Å². The fraction of sp³-hybridized carbons (Fsp3) is 0.303. The zero-order valence-corrected chi connectivity index (χ0v) is 27.8. The van der Waals surface area contributed by atoms with Crippen LogP contribution in [-0.2, 0) is 34.8 Å². The van der Waals surface area contributed by atoms with E-state index in [4.69, 9.17) is 27.9 Å². The van der Waals surface area contributed by atoms with Crippen molar-refractivity contribution in [2.45, 2.75) is 43.4 Å². The van der Waals surface area contributed by atoms with Crippen LogP contribution in [0, 0.1) is 5.92 Å². The van der Waals surface area contributed by atoms with E-state index in [-0.39, 0.29) is 36.6 Å². The minimum atomic E-state index is -4.76. The van der Waals surface area contributed by atoms with Crippen LogP contribution in [0.5, 0.6) is 11.5 Å². The molecule has 4 atom stereocenters. The van der Waals surface area contributed by atoms with Gasteiger partial charge in [0.15, 0.2) is 17.3 Å². The lowest BCUT2D eigenvalue weighted by molar-refractivity contribution is -0.139. The van der Waals surface area contributed by atoms with E-state index in [1.165, 1.54) is 22.5 Å². The lowest BCUT2D eigenvalue weighted by atomic mass is 9.53. The third kappa shape index (κ3) is 4.77. The number of allylic oxidation sites excluding steroid dienone is 2. The van der Waals surface area contributed by atoms with E-state index >= 15 is 4.79 Å². The Hall–Kier alpha value is -5.02. The molecular formula is C33H27Cl2F3N6O6. The highest BCUT2D eigenvalue weighted by Gasteiger charge is 2.69. The maximum absolute atomic E-state index is 15.1. The number of nitrogens with one attached hydrogen (secondary N) is 1. The van der Waals surface area contributed by atoms with Gasteiger partial charge in [0.05, 0.1) is 41.1 Å². The monoisotopic (exact) mass is 730 g/mol. The van der Waals surface area contributed by atoms with Crippen LogP contribution >= 0.6 is 23.2 Å². The molecule has 1 aliphatic carbocycles. The maximum atomic E-state index is 15.1. The summed E-state index contributed by atoms with van der Waals surface area (Å²) in [6.07, 6.45) is -2.69. The SMILES string of the molecule is CCOc1cccc(C2C3=CCn4c(=O)n(C)c(=O)n4C3CC3C(=O)N(Nc4ncc(C(F)(F)F)cc4Cl)C(=O)C32c2ccc(Cl)cc2)c1O. The number of nitrogens with zero attached hydrogens (tertiary/aromatic N) is 5. The number of hydrazine groups is 1. The van der Waals surface area contributed by atoms with Crippen LogP contribution in [0.2, 0.25) is 10.0 Å².